The molecule has 138 valence electrons. The lowest BCUT2D eigenvalue weighted by molar-refractivity contribution is -0.141. The van der Waals surface area contributed by atoms with Crippen molar-refractivity contribution in [3.63, 3.8) is 0 Å². The molecule has 27 heavy (non-hydrogen) atoms. The van der Waals surface area contributed by atoms with Crippen molar-refractivity contribution in [1.82, 2.24) is 9.13 Å². The highest BCUT2D eigenvalue weighted by molar-refractivity contribution is 5.89. The Morgan fingerprint density at radius 3 is 2.41 bits per heavy atom. The zero-order valence-corrected chi connectivity index (χ0v) is 14.4. The third-order valence-electron chi connectivity index (χ3n) is 4.76. The van der Waals surface area contributed by atoms with E-state index >= 15 is 0 Å². The smallest absolute Gasteiger partial charge is 0.348 e. The van der Waals surface area contributed by atoms with E-state index < -0.39 is 12.1 Å². The first-order valence-corrected chi connectivity index (χ1v) is 8.54. The number of nitrogens with two attached hydrogens (primary N) is 1. The maximum Gasteiger partial charge on any atom is 0.348 e. The molecule has 0 radical (unpaired) electrons. The molecular weight excluding hydrogens is 346 g/mol. The Bertz CT molecular complexity index is 1160. The van der Waals surface area contributed by atoms with E-state index in [-0.39, 0.29) is 11.5 Å². The molecule has 5 N–H and O–H groups in total. The van der Waals surface area contributed by atoms with E-state index in [4.69, 9.17) is 5.73 Å². The van der Waals surface area contributed by atoms with Crippen molar-refractivity contribution in [2.75, 3.05) is 6.54 Å². The second kappa shape index (κ2) is 6.37. The lowest BCUT2D eigenvalue weighted by atomic mass is 10.1. The van der Waals surface area contributed by atoms with Gasteiger partial charge in [0.2, 0.25) is 6.17 Å². The Morgan fingerprint density at radius 2 is 1.70 bits per heavy atom. The molecule has 7 nitrogen and oxygen atoms in total. The number of hydrogen-bond acceptors (Lipinski definition) is 4. The van der Waals surface area contributed by atoms with Crippen molar-refractivity contribution in [1.29, 1.82) is 0 Å². The van der Waals surface area contributed by atoms with Gasteiger partial charge in [-0.15, -0.1) is 0 Å². The predicted octanol–water partition coefficient (Wildman–Crippen LogP) is 2.64. The monoisotopic (exact) mass is 365 g/mol. The molecule has 0 fully saturated rings. The second-order valence-electron chi connectivity index (χ2n) is 6.48. The minimum Gasteiger partial charge on any atom is -0.508 e. The van der Waals surface area contributed by atoms with Gasteiger partial charge in [-0.2, -0.15) is 0 Å². The van der Waals surface area contributed by atoms with Crippen LogP contribution >= 0.6 is 0 Å². The van der Waals surface area contributed by atoms with E-state index in [0.717, 1.165) is 16.3 Å². The van der Waals surface area contributed by atoms with E-state index in [0.29, 0.717) is 24.0 Å². The van der Waals surface area contributed by atoms with E-state index in [1.807, 2.05) is 0 Å². The molecular formula is C20H19N3O4. The van der Waals surface area contributed by atoms with Gasteiger partial charge in [0, 0.05) is 23.2 Å². The maximum atomic E-state index is 12.2. The quantitative estimate of drug-likeness (QED) is 0.434. The van der Waals surface area contributed by atoms with Gasteiger partial charge in [-0.1, -0.05) is 0 Å². The molecule has 1 unspecified atom stereocenters. The van der Waals surface area contributed by atoms with Gasteiger partial charge in [-0.3, -0.25) is 0 Å². The first-order chi connectivity index (χ1) is 13.0. The summed E-state index contributed by atoms with van der Waals surface area (Å²) in [6.45, 7) is 0.415. The molecule has 1 atom stereocenters. The van der Waals surface area contributed by atoms with Crippen LogP contribution in [0, 0.1) is 0 Å². The molecule has 2 heterocycles. The van der Waals surface area contributed by atoms with Gasteiger partial charge in [0.25, 0.3) is 0 Å². The molecule has 0 aliphatic heterocycles. The number of aromatic nitrogens is 2. The number of fused-ring (bicyclic) bond motifs is 2. The topological polar surface area (TPSA) is 114 Å². The van der Waals surface area contributed by atoms with Crippen molar-refractivity contribution in [2.45, 2.75) is 12.6 Å². The standard InChI is InChI=1S/C20H19N3O4/c21-7-5-13-11-23(18-4-2-15(25)10-16(13)18)19(20(26)27)22-8-6-12-9-14(24)1-3-17(12)22/h1-4,6,8-11,19,24-25H,5,7,21H2,(H,26,27). The normalized spacial score (nSPS) is 12.6. The Labute approximate surface area is 154 Å². The van der Waals surface area contributed by atoms with Gasteiger partial charge in [0.15, 0.2) is 0 Å². The minimum absolute atomic E-state index is 0.118. The lowest BCUT2D eigenvalue weighted by Gasteiger charge is -2.19. The SMILES string of the molecule is NCCc1cn(C(C(=O)O)n2ccc3cc(O)ccc32)c2ccc(O)cc12. The van der Waals surface area contributed by atoms with Gasteiger partial charge < -0.3 is 30.2 Å². The number of nitrogens with zero attached hydrogens (tertiary/aromatic N) is 2. The largest absolute Gasteiger partial charge is 0.508 e. The summed E-state index contributed by atoms with van der Waals surface area (Å²) in [5, 5.41) is 31.0. The van der Waals surface area contributed by atoms with Gasteiger partial charge >= 0.3 is 5.97 Å². The first kappa shape index (κ1) is 17.0. The summed E-state index contributed by atoms with van der Waals surface area (Å²) in [4.78, 5) is 12.2. The van der Waals surface area contributed by atoms with Crippen molar-refractivity contribution in [2.24, 2.45) is 5.73 Å². The summed E-state index contributed by atoms with van der Waals surface area (Å²) in [6, 6.07) is 11.5. The number of aliphatic carboxylic acids is 1. The van der Waals surface area contributed by atoms with Crippen molar-refractivity contribution >= 4 is 27.8 Å². The fourth-order valence-electron chi connectivity index (χ4n) is 3.61. The highest BCUT2D eigenvalue weighted by Gasteiger charge is 2.25. The van der Waals surface area contributed by atoms with Crippen LogP contribution in [0.2, 0.25) is 0 Å². The van der Waals surface area contributed by atoms with Crippen LogP contribution in [0.5, 0.6) is 11.5 Å². The number of carbonyl (C=O) groups is 1. The summed E-state index contributed by atoms with van der Waals surface area (Å²) in [7, 11) is 0. The fourth-order valence-corrected chi connectivity index (χ4v) is 3.61. The Balaban J connectivity index is 1.96. The molecule has 7 heteroatoms. The Kier molecular flexibility index (Phi) is 4.01. The average molecular weight is 365 g/mol. The molecule has 0 amide bonds. The molecule has 0 spiro atoms. The summed E-state index contributed by atoms with van der Waals surface area (Å²) in [5.41, 5.74) is 7.97. The third kappa shape index (κ3) is 2.78. The number of phenolic OH excluding ortho intramolecular Hbond substituents is 2. The van der Waals surface area contributed by atoms with Crippen LogP contribution in [0.4, 0.5) is 0 Å². The molecule has 0 saturated carbocycles. The van der Waals surface area contributed by atoms with E-state index in [9.17, 15) is 20.1 Å². The van der Waals surface area contributed by atoms with Gasteiger partial charge in [-0.25, -0.2) is 4.79 Å². The summed E-state index contributed by atoms with van der Waals surface area (Å²) in [5.74, 6) is -0.781. The molecule has 2 aromatic heterocycles. The number of carboxylic acids is 1. The van der Waals surface area contributed by atoms with Crippen LogP contribution in [0.25, 0.3) is 21.8 Å². The predicted molar refractivity (Wildman–Crippen MR) is 102 cm³/mol. The second-order valence-corrected chi connectivity index (χ2v) is 6.48. The highest BCUT2D eigenvalue weighted by Crippen LogP contribution is 2.31. The van der Waals surface area contributed by atoms with E-state index in [2.05, 4.69) is 0 Å². The highest BCUT2D eigenvalue weighted by atomic mass is 16.4. The van der Waals surface area contributed by atoms with Crippen LogP contribution in [-0.4, -0.2) is 37.0 Å². The van der Waals surface area contributed by atoms with Gasteiger partial charge in [0.1, 0.15) is 11.5 Å². The summed E-state index contributed by atoms with van der Waals surface area (Å²) >= 11 is 0. The number of hydrogen-bond donors (Lipinski definition) is 4. The van der Waals surface area contributed by atoms with Crippen LogP contribution < -0.4 is 5.73 Å². The van der Waals surface area contributed by atoms with Gasteiger partial charge in [0.05, 0.1) is 11.0 Å². The Hall–Kier alpha value is -3.45. The molecule has 4 aromatic rings. The van der Waals surface area contributed by atoms with Crippen molar-refractivity contribution in [3.05, 3.63) is 60.4 Å². The van der Waals surface area contributed by atoms with Crippen LogP contribution in [0.1, 0.15) is 11.7 Å². The van der Waals surface area contributed by atoms with Gasteiger partial charge in [-0.05, 0) is 61.0 Å². The first-order valence-electron chi connectivity index (χ1n) is 8.54. The zero-order valence-electron chi connectivity index (χ0n) is 14.4. The minimum atomic E-state index is -1.02. The lowest BCUT2D eigenvalue weighted by Crippen LogP contribution is -2.25. The summed E-state index contributed by atoms with van der Waals surface area (Å²) < 4.78 is 3.32. The molecule has 0 bridgehead atoms. The molecule has 0 aliphatic carbocycles. The van der Waals surface area contributed by atoms with Crippen molar-refractivity contribution < 1.29 is 20.1 Å². The molecule has 0 saturated heterocycles. The molecule has 2 aromatic carbocycles. The third-order valence-corrected chi connectivity index (χ3v) is 4.76. The molecule has 4 rings (SSSR count). The number of phenols is 2. The zero-order chi connectivity index (χ0) is 19.1. The number of aromatic hydroxyl groups is 2. The summed E-state index contributed by atoms with van der Waals surface area (Å²) in [6.07, 6.45) is 3.02. The van der Waals surface area contributed by atoms with Crippen LogP contribution in [0.3, 0.4) is 0 Å². The van der Waals surface area contributed by atoms with E-state index in [1.165, 1.54) is 12.1 Å². The van der Waals surface area contributed by atoms with Crippen molar-refractivity contribution in [3.8, 4) is 11.5 Å². The number of benzene rings is 2. The Morgan fingerprint density at radius 1 is 1.00 bits per heavy atom. The van der Waals surface area contributed by atoms with Crippen LogP contribution in [-0.2, 0) is 11.2 Å². The van der Waals surface area contributed by atoms with E-state index in [1.54, 1.807) is 51.9 Å². The number of rotatable bonds is 5. The van der Waals surface area contributed by atoms with Crippen LogP contribution in [0.15, 0.2) is 54.9 Å². The average Bonchev–Trinajstić information content (AvgIpc) is 3.17. The number of carboxylic acid groups (broad SMARTS) is 1. The maximum absolute atomic E-state index is 12.2. The fraction of sp³-hybridized carbons (Fsp3) is 0.150. The molecule has 0 aliphatic rings.